The predicted octanol–water partition coefficient (Wildman–Crippen LogP) is 13.6. The van der Waals surface area contributed by atoms with Gasteiger partial charge in [-0.15, -0.1) is 0 Å². The van der Waals surface area contributed by atoms with Gasteiger partial charge in [-0.3, -0.25) is 0 Å². The molecule has 0 amide bonds. The van der Waals surface area contributed by atoms with E-state index in [4.69, 9.17) is 0 Å². The Morgan fingerprint density at radius 2 is 1.00 bits per heavy atom. The predicted molar refractivity (Wildman–Crippen MR) is 217 cm³/mol. The fraction of sp³-hybridized carbons (Fsp3) is 0.0638. The Hall–Kier alpha value is -5.37. The van der Waals surface area contributed by atoms with E-state index in [1.807, 2.05) is 12.2 Å². The normalized spacial score (nSPS) is 12.1. The highest BCUT2D eigenvalue weighted by atomic mass is 32.3. The van der Waals surface area contributed by atoms with Crippen LogP contribution in [0.15, 0.2) is 158 Å². The molecule has 0 N–H and O–H groups in total. The summed E-state index contributed by atoms with van der Waals surface area (Å²) in [6, 6.07) is 51.6. The molecule has 8 aromatic rings. The number of hydrogen-bond donors (Lipinski definition) is 0. The summed E-state index contributed by atoms with van der Waals surface area (Å²) < 4.78 is 0. The maximum absolute atomic E-state index is 4.26. The molecule has 1 heteroatoms. The van der Waals surface area contributed by atoms with Crippen LogP contribution in [0.4, 0.5) is 0 Å². The van der Waals surface area contributed by atoms with Gasteiger partial charge < -0.3 is 0 Å². The lowest BCUT2D eigenvalue weighted by atomic mass is 9.82. The topological polar surface area (TPSA) is 0 Å². The van der Waals surface area contributed by atoms with Gasteiger partial charge in [0.25, 0.3) is 0 Å². The molecule has 232 valence electrons. The molecule has 0 aliphatic rings. The summed E-state index contributed by atoms with van der Waals surface area (Å²) in [5, 5.41) is 10.0. The van der Waals surface area contributed by atoms with Crippen LogP contribution in [-0.2, 0) is 0 Å². The summed E-state index contributed by atoms with van der Waals surface area (Å²) >= 11 is 0. The third kappa shape index (κ3) is 4.77. The zero-order valence-corrected chi connectivity index (χ0v) is 28.6. The average Bonchev–Trinajstić information content (AvgIpc) is 3.12. The molecule has 0 aliphatic carbocycles. The van der Waals surface area contributed by atoms with E-state index in [2.05, 4.69) is 171 Å². The second-order valence-electron chi connectivity index (χ2n) is 13.3. The van der Waals surface area contributed by atoms with E-state index in [1.54, 1.807) is 0 Å². The summed E-state index contributed by atoms with van der Waals surface area (Å²) in [5.41, 5.74) is 9.71. The Morgan fingerprint density at radius 1 is 0.438 bits per heavy atom. The molecule has 0 unspecified atom stereocenters. The molecule has 0 saturated carbocycles. The van der Waals surface area contributed by atoms with Crippen molar-refractivity contribution in [2.45, 2.75) is 4.90 Å². The van der Waals surface area contributed by atoms with E-state index >= 15 is 0 Å². The van der Waals surface area contributed by atoms with E-state index in [0.29, 0.717) is 0 Å². The first-order valence-electron chi connectivity index (χ1n) is 16.4. The molecule has 0 spiro atoms. The summed E-state index contributed by atoms with van der Waals surface area (Å²) in [6.07, 6.45) is 11.1. The van der Waals surface area contributed by atoms with Crippen molar-refractivity contribution >= 4 is 65.3 Å². The molecule has 0 aliphatic heterocycles. The second kappa shape index (κ2) is 11.7. The van der Waals surface area contributed by atoms with Crippen LogP contribution in [0.5, 0.6) is 0 Å². The van der Waals surface area contributed by atoms with E-state index in [0.717, 1.165) is 11.1 Å². The highest BCUT2D eigenvalue weighted by Gasteiger charge is 2.22. The van der Waals surface area contributed by atoms with Gasteiger partial charge in [0, 0.05) is 5.56 Å². The molecule has 0 bridgehead atoms. The quantitative estimate of drug-likeness (QED) is 0.160. The Balaban J connectivity index is 1.59. The molecule has 8 rings (SSSR count). The van der Waals surface area contributed by atoms with E-state index in [9.17, 15) is 0 Å². The third-order valence-electron chi connectivity index (χ3n) is 9.76. The van der Waals surface area contributed by atoms with Crippen LogP contribution < -0.4 is 0 Å². The van der Waals surface area contributed by atoms with Gasteiger partial charge in [-0.1, -0.05) is 153 Å². The third-order valence-corrected chi connectivity index (χ3v) is 11.4. The number of benzene rings is 8. The summed E-state index contributed by atoms with van der Waals surface area (Å²) in [5.74, 6) is 0. The summed E-state index contributed by atoms with van der Waals surface area (Å²) in [7, 11) is -1.04. The first-order chi connectivity index (χ1) is 23.4. The van der Waals surface area contributed by atoms with Gasteiger partial charge in [0.2, 0.25) is 0 Å². The van der Waals surface area contributed by atoms with Crippen LogP contribution in [0.25, 0.3) is 88.6 Å². The Labute approximate surface area is 285 Å². The van der Waals surface area contributed by atoms with Gasteiger partial charge in [-0.25, -0.2) is 10.0 Å². The van der Waals surface area contributed by atoms with Gasteiger partial charge in [0.1, 0.15) is 0 Å². The zero-order chi connectivity index (χ0) is 33.0. The van der Waals surface area contributed by atoms with Crippen LogP contribution >= 0.6 is 10.0 Å². The zero-order valence-electron chi connectivity index (χ0n) is 27.8. The minimum Gasteiger partial charge on any atom is -0.223 e. The van der Waals surface area contributed by atoms with Crippen LogP contribution in [0.1, 0.15) is 11.1 Å². The molecule has 0 saturated heterocycles. The van der Waals surface area contributed by atoms with Crippen molar-refractivity contribution < 1.29 is 0 Å². The molecule has 48 heavy (non-hydrogen) atoms. The summed E-state index contributed by atoms with van der Waals surface area (Å²) in [4.78, 5) is 1.43. The van der Waals surface area contributed by atoms with Gasteiger partial charge in [0.15, 0.2) is 0 Å². The lowest BCUT2D eigenvalue weighted by Crippen LogP contribution is -1.98. The molecule has 0 aromatic heterocycles. The van der Waals surface area contributed by atoms with Gasteiger partial charge in [0.05, 0.1) is 0 Å². The molecule has 0 heterocycles. The largest absolute Gasteiger partial charge is 0.223 e. The first-order valence-corrected chi connectivity index (χ1v) is 19.3. The van der Waals surface area contributed by atoms with Crippen LogP contribution in [0.2, 0.25) is 0 Å². The molecule has 0 nitrogen and oxygen atoms in total. The van der Waals surface area contributed by atoms with Crippen molar-refractivity contribution in [1.82, 2.24) is 0 Å². The monoisotopic (exact) mass is 634 g/mol. The molecule has 8 aromatic carbocycles. The number of fused-ring (bicyclic) bond motifs is 4. The maximum atomic E-state index is 4.26. The highest BCUT2D eigenvalue weighted by Crippen LogP contribution is 2.53. The lowest BCUT2D eigenvalue weighted by molar-refractivity contribution is 1.46. The minimum atomic E-state index is -1.04. The Morgan fingerprint density at radius 3 is 1.69 bits per heavy atom. The van der Waals surface area contributed by atoms with Crippen molar-refractivity contribution in [3.8, 4) is 33.4 Å². The second-order valence-corrected chi connectivity index (χ2v) is 17.4. The highest BCUT2D eigenvalue weighted by molar-refractivity contribution is 8.32. The smallest absolute Gasteiger partial charge is 0.00159 e. The van der Waals surface area contributed by atoms with Crippen molar-refractivity contribution in [2.24, 2.45) is 0 Å². The van der Waals surface area contributed by atoms with Crippen molar-refractivity contribution in [1.29, 1.82) is 0 Å². The Kier molecular flexibility index (Phi) is 7.31. The standard InChI is InChI=1S/C47H38S/c1-6-31-18-14-24-38(35(31)7-2)46-40-22-12-13-23-41(40)47(39-25-15-19-32-16-8-10-20-36(32)39)43-30-34(26-28-42(43)46)45-37-21-11-9-17-33(37)27-29-44(45)48(3,4)5/h6-30H,1-2H2,3-5H3. The van der Waals surface area contributed by atoms with Gasteiger partial charge >= 0.3 is 0 Å². The van der Waals surface area contributed by atoms with E-state index in [1.165, 1.54) is 81.4 Å². The van der Waals surface area contributed by atoms with Crippen LogP contribution in [0.3, 0.4) is 0 Å². The summed E-state index contributed by atoms with van der Waals surface area (Å²) in [6.45, 7) is 8.39. The molecule has 0 atom stereocenters. The minimum absolute atomic E-state index is 1.04. The first kappa shape index (κ1) is 30.0. The Bertz CT molecular complexity index is 2570. The van der Waals surface area contributed by atoms with Crippen molar-refractivity contribution in [3.63, 3.8) is 0 Å². The maximum Gasteiger partial charge on any atom is 0.00159 e. The molecule has 0 radical (unpaired) electrons. The van der Waals surface area contributed by atoms with Crippen LogP contribution in [-0.4, -0.2) is 18.8 Å². The molecular formula is C47H38S. The SMILES string of the molecule is C=Cc1cccc(-c2c3ccccc3c(-c3cccc4ccccc34)c3cc(-c4c(S(C)(C)C)ccc5ccccc45)ccc23)c1C=C. The molecular weight excluding hydrogens is 597 g/mol. The van der Waals surface area contributed by atoms with Gasteiger partial charge in [-0.2, -0.15) is 0 Å². The van der Waals surface area contributed by atoms with E-state index in [-0.39, 0.29) is 0 Å². The fourth-order valence-electron chi connectivity index (χ4n) is 7.62. The number of hydrogen-bond acceptors (Lipinski definition) is 0. The lowest BCUT2D eigenvalue weighted by Gasteiger charge is -2.30. The fourth-order valence-corrected chi connectivity index (χ4v) is 8.94. The van der Waals surface area contributed by atoms with Crippen molar-refractivity contribution in [3.05, 3.63) is 164 Å². The van der Waals surface area contributed by atoms with Gasteiger partial charge in [-0.05, 0) is 118 Å². The number of rotatable bonds is 6. The van der Waals surface area contributed by atoms with E-state index < -0.39 is 10.0 Å². The molecule has 0 fully saturated rings. The average molecular weight is 635 g/mol. The van der Waals surface area contributed by atoms with Crippen LogP contribution in [0, 0.1) is 0 Å². The van der Waals surface area contributed by atoms with Crippen molar-refractivity contribution in [2.75, 3.05) is 18.8 Å².